The van der Waals surface area contributed by atoms with Gasteiger partial charge < -0.3 is 56.9 Å². The summed E-state index contributed by atoms with van der Waals surface area (Å²) in [6.07, 6.45) is -1.70. The van der Waals surface area contributed by atoms with Gasteiger partial charge in [-0.3, -0.25) is 9.59 Å². The second-order valence-electron chi connectivity index (χ2n) is 13.9. The summed E-state index contributed by atoms with van der Waals surface area (Å²) in [5, 5.41) is 11.6. The first-order chi connectivity index (χ1) is 28.3. The lowest BCUT2D eigenvalue weighted by molar-refractivity contribution is -0.144. The SMILES string of the molecule is COC(=O)CC(COc1ccc(OC)c(OC)c1OC)O[Si](c1ccccc1)(c1ccccc1)C(C)(C)C.COC(=O)CC(O)COc1ccc(OC)c(OC)c1OC. The Balaban J connectivity index is 0.000000375. The second kappa shape index (κ2) is 23.1. The third-order valence-electron chi connectivity index (χ3n) is 9.20. The molecule has 0 fully saturated rings. The molecule has 0 saturated heterocycles. The molecule has 1 N–H and O–H groups in total. The van der Waals surface area contributed by atoms with Gasteiger partial charge in [-0.15, -0.1) is 0 Å². The molecule has 59 heavy (non-hydrogen) atoms. The fourth-order valence-electron chi connectivity index (χ4n) is 6.42. The van der Waals surface area contributed by atoms with Crippen LogP contribution in [0.4, 0.5) is 0 Å². The van der Waals surface area contributed by atoms with Gasteiger partial charge in [-0.2, -0.15) is 0 Å². The molecule has 0 spiro atoms. The molecule has 2 unspecified atom stereocenters. The third kappa shape index (κ3) is 12.2. The summed E-state index contributed by atoms with van der Waals surface area (Å²) < 4.78 is 60.4. The van der Waals surface area contributed by atoms with Gasteiger partial charge in [0.05, 0.1) is 81.9 Å². The van der Waals surface area contributed by atoms with Crippen LogP contribution in [0.25, 0.3) is 0 Å². The zero-order valence-electron chi connectivity index (χ0n) is 35.8. The van der Waals surface area contributed by atoms with Crippen molar-refractivity contribution in [2.75, 3.05) is 70.1 Å². The minimum absolute atomic E-state index is 0.0244. The Labute approximate surface area is 348 Å². The number of hydrogen-bond donors (Lipinski definition) is 1. The molecule has 0 bridgehead atoms. The zero-order chi connectivity index (χ0) is 43.6. The van der Waals surface area contributed by atoms with Gasteiger partial charge in [0.25, 0.3) is 8.32 Å². The monoisotopic (exact) mass is 838 g/mol. The van der Waals surface area contributed by atoms with Crippen LogP contribution in [0.5, 0.6) is 46.0 Å². The first kappa shape index (κ1) is 47.7. The van der Waals surface area contributed by atoms with Crippen LogP contribution in [0.2, 0.25) is 5.04 Å². The minimum Gasteiger partial charge on any atom is -0.493 e. The summed E-state index contributed by atoms with van der Waals surface area (Å²) in [4.78, 5) is 23.6. The quantitative estimate of drug-likeness (QED) is 0.0865. The summed E-state index contributed by atoms with van der Waals surface area (Å²) in [5.41, 5.74) is 0. The van der Waals surface area contributed by atoms with E-state index in [2.05, 4.69) is 49.8 Å². The van der Waals surface area contributed by atoms with E-state index < -0.39 is 26.5 Å². The Morgan fingerprint density at radius 1 is 0.525 bits per heavy atom. The van der Waals surface area contributed by atoms with Gasteiger partial charge in [0, 0.05) is 0 Å². The maximum Gasteiger partial charge on any atom is 0.308 e. The third-order valence-corrected chi connectivity index (χ3v) is 14.3. The van der Waals surface area contributed by atoms with E-state index in [0.717, 1.165) is 10.4 Å². The maximum absolute atomic E-state index is 12.5. The van der Waals surface area contributed by atoms with E-state index in [9.17, 15) is 14.7 Å². The van der Waals surface area contributed by atoms with E-state index in [4.69, 9.17) is 47.1 Å². The highest BCUT2D eigenvalue weighted by molar-refractivity contribution is 6.99. The molecular weight excluding hydrogens is 781 g/mol. The molecule has 0 aliphatic carbocycles. The lowest BCUT2D eigenvalue weighted by Gasteiger charge is -2.45. The predicted molar refractivity (Wildman–Crippen MR) is 225 cm³/mol. The molecule has 4 aromatic rings. The number of ether oxygens (including phenoxy) is 10. The number of benzene rings is 4. The largest absolute Gasteiger partial charge is 0.493 e. The molecule has 322 valence electrons. The lowest BCUT2D eigenvalue weighted by atomic mass is 10.2. The van der Waals surface area contributed by atoms with Crippen LogP contribution in [0.1, 0.15) is 33.6 Å². The lowest BCUT2D eigenvalue weighted by Crippen LogP contribution is -2.68. The summed E-state index contributed by atoms with van der Waals surface area (Å²) in [6, 6.07) is 27.3. The first-order valence-electron chi connectivity index (χ1n) is 18.7. The summed E-state index contributed by atoms with van der Waals surface area (Å²) in [6.45, 7) is 6.57. The van der Waals surface area contributed by atoms with Gasteiger partial charge in [0.2, 0.25) is 23.0 Å². The van der Waals surface area contributed by atoms with Crippen LogP contribution in [-0.4, -0.2) is 108 Å². The maximum atomic E-state index is 12.5. The number of hydrogen-bond acceptors (Lipinski definition) is 14. The van der Waals surface area contributed by atoms with Crippen molar-refractivity contribution >= 4 is 30.6 Å². The van der Waals surface area contributed by atoms with Gasteiger partial charge in [0.15, 0.2) is 23.0 Å². The molecule has 4 aromatic carbocycles. The van der Waals surface area contributed by atoms with Crippen LogP contribution in [0.15, 0.2) is 84.9 Å². The molecule has 0 radical (unpaired) electrons. The van der Waals surface area contributed by atoms with Gasteiger partial charge in [-0.05, 0) is 39.7 Å². The molecule has 4 rings (SSSR count). The van der Waals surface area contributed by atoms with Crippen LogP contribution in [0.3, 0.4) is 0 Å². The Bertz CT molecular complexity index is 1860. The summed E-state index contributed by atoms with van der Waals surface area (Å²) in [7, 11) is 8.78. The number of aliphatic hydroxyl groups is 1. The normalized spacial score (nSPS) is 12.1. The van der Waals surface area contributed by atoms with Crippen LogP contribution >= 0.6 is 0 Å². The summed E-state index contributed by atoms with van der Waals surface area (Å²) in [5.74, 6) is 2.51. The van der Waals surface area contributed by atoms with E-state index in [-0.39, 0.29) is 37.1 Å². The fraction of sp³-hybridized carbons (Fsp3) is 0.409. The fourth-order valence-corrected chi connectivity index (χ4v) is 11.1. The molecule has 0 amide bonds. The molecule has 0 aliphatic heterocycles. The number of rotatable bonds is 20. The molecule has 0 aromatic heterocycles. The van der Waals surface area contributed by atoms with Gasteiger partial charge in [0.1, 0.15) is 13.2 Å². The van der Waals surface area contributed by atoms with Crippen molar-refractivity contribution in [3.63, 3.8) is 0 Å². The van der Waals surface area contributed by atoms with E-state index >= 15 is 0 Å². The minimum atomic E-state index is -2.95. The van der Waals surface area contributed by atoms with Crippen molar-refractivity contribution in [3.05, 3.63) is 84.9 Å². The van der Waals surface area contributed by atoms with Gasteiger partial charge in [-0.25, -0.2) is 0 Å². The van der Waals surface area contributed by atoms with Crippen LogP contribution < -0.4 is 48.3 Å². The molecule has 0 heterocycles. The van der Waals surface area contributed by atoms with Crippen molar-refractivity contribution < 1.29 is 66.5 Å². The number of aliphatic hydroxyl groups excluding tert-OH is 1. The first-order valence-corrected chi connectivity index (χ1v) is 20.6. The smallest absolute Gasteiger partial charge is 0.308 e. The molecule has 15 heteroatoms. The molecule has 14 nitrogen and oxygen atoms in total. The van der Waals surface area contributed by atoms with Crippen molar-refractivity contribution in [2.24, 2.45) is 0 Å². The predicted octanol–water partition coefficient (Wildman–Crippen LogP) is 5.61. The number of carbonyl (C=O) groups is 2. The number of carbonyl (C=O) groups excluding carboxylic acids is 2. The van der Waals surface area contributed by atoms with Gasteiger partial charge >= 0.3 is 11.9 Å². The Morgan fingerprint density at radius 2 is 0.898 bits per heavy atom. The van der Waals surface area contributed by atoms with E-state index in [1.54, 1.807) is 31.4 Å². The van der Waals surface area contributed by atoms with Crippen LogP contribution in [-0.2, 0) is 23.5 Å². The second-order valence-corrected chi connectivity index (χ2v) is 18.2. The molecule has 2 atom stereocenters. The zero-order valence-corrected chi connectivity index (χ0v) is 36.8. The highest BCUT2D eigenvalue weighted by Crippen LogP contribution is 2.45. The number of methoxy groups -OCH3 is 8. The summed E-state index contributed by atoms with van der Waals surface area (Å²) >= 11 is 0. The van der Waals surface area contributed by atoms with Crippen molar-refractivity contribution in [2.45, 2.75) is 50.9 Å². The van der Waals surface area contributed by atoms with Gasteiger partial charge in [-0.1, -0.05) is 81.4 Å². The van der Waals surface area contributed by atoms with E-state index in [1.165, 1.54) is 49.8 Å². The highest BCUT2D eigenvalue weighted by Gasteiger charge is 2.51. The standard InChI is InChI=1S/C30H38O7Si.C14H20O7/c1-30(2,3)38(23-14-10-8-11-15-23,24-16-12-9-13-17-24)37-22(20-27(31)33-5)21-36-26-19-18-25(32-4)28(34-6)29(26)35-7;1-17-10-5-6-11(14(20-4)13(10)19-3)21-8-9(15)7-12(16)18-2/h8-19,22H,20-21H2,1-7H3;5-6,9,15H,7-8H2,1-4H3. The topological polar surface area (TPSA) is 156 Å². The van der Waals surface area contributed by atoms with Crippen molar-refractivity contribution in [3.8, 4) is 46.0 Å². The van der Waals surface area contributed by atoms with Crippen molar-refractivity contribution in [1.29, 1.82) is 0 Å². The van der Waals surface area contributed by atoms with Crippen LogP contribution in [0, 0.1) is 0 Å². The average Bonchev–Trinajstić information content (AvgIpc) is 3.25. The Hall–Kier alpha value is -5.64. The molecule has 0 saturated carbocycles. The average molecular weight is 839 g/mol. The van der Waals surface area contributed by atoms with E-state index in [0.29, 0.717) is 46.0 Å². The Morgan fingerprint density at radius 3 is 1.27 bits per heavy atom. The molecular formula is C44H58O14Si. The number of esters is 2. The Kier molecular flexibility index (Phi) is 18.7. The van der Waals surface area contributed by atoms with E-state index in [1.807, 2.05) is 36.4 Å². The highest BCUT2D eigenvalue weighted by atomic mass is 28.4. The molecule has 0 aliphatic rings. The van der Waals surface area contributed by atoms with Crippen molar-refractivity contribution in [1.82, 2.24) is 0 Å².